The van der Waals surface area contributed by atoms with E-state index >= 15 is 0 Å². The van der Waals surface area contributed by atoms with E-state index in [-0.39, 0.29) is 18.5 Å². The molecule has 0 aliphatic heterocycles. The molecule has 0 spiro atoms. The Hall–Kier alpha value is -2.00. The molecule has 1 aliphatic rings. The number of hydrogen-bond acceptors (Lipinski definition) is 3. The average Bonchev–Trinajstić information content (AvgIpc) is 2.96. The van der Waals surface area contributed by atoms with E-state index in [1.54, 1.807) is 6.92 Å². The van der Waals surface area contributed by atoms with Gasteiger partial charge in [-0.2, -0.15) is 5.26 Å². The molecule has 2 N–H and O–H groups in total. The van der Waals surface area contributed by atoms with Gasteiger partial charge in [0, 0.05) is 6.04 Å². The number of carbonyl (C=O) groups excluding carboxylic acids is 1. The molecule has 1 aliphatic carbocycles. The molecule has 0 heterocycles. The van der Waals surface area contributed by atoms with Crippen molar-refractivity contribution in [3.8, 4) is 6.07 Å². The molecular formula is C16H19F2N3O. The summed E-state index contributed by atoms with van der Waals surface area (Å²) < 4.78 is 26.1. The van der Waals surface area contributed by atoms with E-state index in [0.717, 1.165) is 25.0 Å². The van der Waals surface area contributed by atoms with Crippen LogP contribution in [0.2, 0.25) is 0 Å². The van der Waals surface area contributed by atoms with Crippen molar-refractivity contribution in [2.45, 2.75) is 44.2 Å². The smallest absolute Gasteiger partial charge is 0.235 e. The van der Waals surface area contributed by atoms with Gasteiger partial charge in [-0.25, -0.2) is 8.78 Å². The van der Waals surface area contributed by atoms with Gasteiger partial charge < -0.3 is 10.6 Å². The molecule has 22 heavy (non-hydrogen) atoms. The van der Waals surface area contributed by atoms with Crippen LogP contribution in [0.3, 0.4) is 0 Å². The second-order valence-electron chi connectivity index (χ2n) is 5.73. The van der Waals surface area contributed by atoms with Crippen LogP contribution < -0.4 is 10.6 Å². The van der Waals surface area contributed by atoms with E-state index in [1.165, 1.54) is 6.07 Å². The number of nitrogens with one attached hydrogen (secondary N) is 2. The Morgan fingerprint density at radius 2 is 2.05 bits per heavy atom. The summed E-state index contributed by atoms with van der Waals surface area (Å²) in [4.78, 5) is 12.0. The first-order valence-electron chi connectivity index (χ1n) is 7.36. The molecule has 1 aromatic rings. The molecule has 0 bridgehead atoms. The van der Waals surface area contributed by atoms with Gasteiger partial charge in [0.2, 0.25) is 5.91 Å². The minimum atomic E-state index is -0.912. The van der Waals surface area contributed by atoms with Crippen LogP contribution in [-0.4, -0.2) is 18.0 Å². The fourth-order valence-corrected chi connectivity index (χ4v) is 2.70. The molecule has 1 fully saturated rings. The Labute approximate surface area is 128 Å². The first kappa shape index (κ1) is 16.4. The maximum absolute atomic E-state index is 13.2. The van der Waals surface area contributed by atoms with Crippen molar-refractivity contribution < 1.29 is 13.6 Å². The second kappa shape index (κ2) is 6.84. The summed E-state index contributed by atoms with van der Waals surface area (Å²) in [6.45, 7) is 1.78. The number of rotatable bonds is 5. The van der Waals surface area contributed by atoms with Gasteiger partial charge in [0.1, 0.15) is 5.54 Å². The highest BCUT2D eigenvalue weighted by Gasteiger charge is 2.35. The van der Waals surface area contributed by atoms with Crippen molar-refractivity contribution in [2.75, 3.05) is 6.54 Å². The molecule has 6 heteroatoms. The lowest BCUT2D eigenvalue weighted by molar-refractivity contribution is -0.121. The minimum Gasteiger partial charge on any atom is -0.337 e. The van der Waals surface area contributed by atoms with E-state index in [4.69, 9.17) is 0 Å². The Balaban J connectivity index is 1.88. The summed E-state index contributed by atoms with van der Waals surface area (Å²) >= 11 is 0. The van der Waals surface area contributed by atoms with Gasteiger partial charge in [-0.15, -0.1) is 0 Å². The van der Waals surface area contributed by atoms with Gasteiger partial charge in [0.15, 0.2) is 11.6 Å². The number of halogens is 2. The monoisotopic (exact) mass is 307 g/mol. The number of benzene rings is 1. The first-order chi connectivity index (χ1) is 10.5. The average molecular weight is 307 g/mol. The maximum atomic E-state index is 13.2. The number of carbonyl (C=O) groups is 1. The molecule has 1 atom stereocenters. The van der Waals surface area contributed by atoms with Crippen molar-refractivity contribution >= 4 is 5.91 Å². The molecule has 4 nitrogen and oxygen atoms in total. The van der Waals surface area contributed by atoms with Gasteiger partial charge in [-0.1, -0.05) is 6.07 Å². The number of nitriles is 1. The van der Waals surface area contributed by atoms with E-state index in [2.05, 4.69) is 16.7 Å². The molecule has 1 amide bonds. The molecule has 0 saturated heterocycles. The van der Waals surface area contributed by atoms with Gasteiger partial charge in [0.25, 0.3) is 0 Å². The quantitative estimate of drug-likeness (QED) is 0.878. The predicted octanol–water partition coefficient (Wildman–Crippen LogP) is 2.57. The third-order valence-electron chi connectivity index (χ3n) is 4.06. The predicted molar refractivity (Wildman–Crippen MR) is 77.7 cm³/mol. The van der Waals surface area contributed by atoms with Crippen LogP contribution in [-0.2, 0) is 4.79 Å². The highest BCUT2D eigenvalue weighted by atomic mass is 19.2. The SMILES string of the molecule is C[C@H](NCC(=O)NC1(C#N)CCCC1)c1ccc(F)c(F)c1. The Morgan fingerprint density at radius 3 is 2.64 bits per heavy atom. The van der Waals surface area contributed by atoms with Crippen LogP contribution in [0.25, 0.3) is 0 Å². The number of hydrogen-bond donors (Lipinski definition) is 2. The van der Waals surface area contributed by atoms with Crippen LogP contribution in [0, 0.1) is 23.0 Å². The molecular weight excluding hydrogens is 288 g/mol. The summed E-state index contributed by atoms with van der Waals surface area (Å²) in [5.41, 5.74) is -0.188. The summed E-state index contributed by atoms with van der Waals surface area (Å²) in [7, 11) is 0. The summed E-state index contributed by atoms with van der Waals surface area (Å²) in [6, 6.07) is 5.53. The lowest BCUT2D eigenvalue weighted by Gasteiger charge is -2.23. The fourth-order valence-electron chi connectivity index (χ4n) is 2.70. The van der Waals surface area contributed by atoms with Crippen LogP contribution in [0.15, 0.2) is 18.2 Å². The highest BCUT2D eigenvalue weighted by Crippen LogP contribution is 2.28. The first-order valence-corrected chi connectivity index (χ1v) is 7.36. The molecule has 0 unspecified atom stereocenters. The molecule has 1 saturated carbocycles. The molecule has 1 aromatic carbocycles. The van der Waals surface area contributed by atoms with Crippen molar-refractivity contribution in [3.63, 3.8) is 0 Å². The van der Waals surface area contributed by atoms with Crippen molar-refractivity contribution in [3.05, 3.63) is 35.4 Å². The standard InChI is InChI=1S/C16H19F2N3O/c1-11(12-4-5-13(17)14(18)8-12)20-9-15(22)21-16(10-19)6-2-3-7-16/h4-5,8,11,20H,2-3,6-7,9H2,1H3,(H,21,22)/t11-/m0/s1. The minimum absolute atomic E-state index is 0.0175. The molecule has 118 valence electrons. The van der Waals surface area contributed by atoms with Crippen LogP contribution in [0.1, 0.15) is 44.2 Å². The van der Waals surface area contributed by atoms with Crippen LogP contribution >= 0.6 is 0 Å². The zero-order chi connectivity index (χ0) is 16.2. The zero-order valence-electron chi connectivity index (χ0n) is 12.5. The van der Waals surface area contributed by atoms with Crippen LogP contribution in [0.4, 0.5) is 8.78 Å². The highest BCUT2D eigenvalue weighted by molar-refractivity contribution is 5.79. The summed E-state index contributed by atoms with van der Waals surface area (Å²) in [5, 5.41) is 14.9. The fraction of sp³-hybridized carbons (Fsp3) is 0.500. The molecule has 2 rings (SSSR count). The van der Waals surface area contributed by atoms with E-state index < -0.39 is 17.2 Å². The van der Waals surface area contributed by atoms with E-state index in [1.807, 2.05) is 0 Å². The van der Waals surface area contributed by atoms with Crippen LogP contribution in [0.5, 0.6) is 0 Å². The van der Waals surface area contributed by atoms with Crippen molar-refractivity contribution in [1.29, 1.82) is 5.26 Å². The zero-order valence-corrected chi connectivity index (χ0v) is 12.5. The third-order valence-corrected chi connectivity index (χ3v) is 4.06. The van der Waals surface area contributed by atoms with Gasteiger partial charge in [-0.3, -0.25) is 4.79 Å². The number of amides is 1. The Bertz CT molecular complexity index is 592. The summed E-state index contributed by atoms with van der Waals surface area (Å²) in [6.07, 6.45) is 3.22. The lowest BCUT2D eigenvalue weighted by atomic mass is 10.00. The van der Waals surface area contributed by atoms with E-state index in [0.29, 0.717) is 18.4 Å². The third kappa shape index (κ3) is 3.80. The molecule has 0 aromatic heterocycles. The normalized spacial score (nSPS) is 17.7. The Morgan fingerprint density at radius 1 is 1.36 bits per heavy atom. The van der Waals surface area contributed by atoms with Gasteiger partial charge in [-0.05, 0) is 50.3 Å². The van der Waals surface area contributed by atoms with Crippen molar-refractivity contribution in [2.24, 2.45) is 0 Å². The second-order valence-corrected chi connectivity index (χ2v) is 5.73. The largest absolute Gasteiger partial charge is 0.337 e. The van der Waals surface area contributed by atoms with E-state index in [9.17, 15) is 18.8 Å². The molecule has 0 radical (unpaired) electrons. The van der Waals surface area contributed by atoms with Crippen molar-refractivity contribution in [1.82, 2.24) is 10.6 Å². The topological polar surface area (TPSA) is 64.9 Å². The number of nitrogens with zero attached hydrogens (tertiary/aromatic N) is 1. The Kier molecular flexibility index (Phi) is 5.09. The maximum Gasteiger partial charge on any atom is 0.235 e. The van der Waals surface area contributed by atoms with Gasteiger partial charge in [0.05, 0.1) is 12.6 Å². The van der Waals surface area contributed by atoms with Gasteiger partial charge >= 0.3 is 0 Å². The summed E-state index contributed by atoms with van der Waals surface area (Å²) in [5.74, 6) is -2.08. The lowest BCUT2D eigenvalue weighted by Crippen LogP contribution is -2.48.